The second kappa shape index (κ2) is 8.52. The molecule has 0 bridgehead atoms. The molecule has 2 aliphatic rings. The maximum absolute atomic E-state index is 12.6. The molecule has 4 rings (SSSR count). The van der Waals surface area contributed by atoms with Crippen LogP contribution in [-0.2, 0) is 11.3 Å². The van der Waals surface area contributed by atoms with Crippen LogP contribution in [0.4, 0.5) is 0 Å². The summed E-state index contributed by atoms with van der Waals surface area (Å²) in [5.41, 5.74) is 0.923. The van der Waals surface area contributed by atoms with Gasteiger partial charge in [-0.1, -0.05) is 46.1 Å². The van der Waals surface area contributed by atoms with E-state index in [1.807, 2.05) is 24.3 Å². The van der Waals surface area contributed by atoms with Crippen molar-refractivity contribution >= 4 is 21.8 Å². The zero-order valence-electron chi connectivity index (χ0n) is 15.4. The molecule has 7 heteroatoms. The Kier molecular flexibility index (Phi) is 5.88. The Bertz CT molecular complexity index is 788. The van der Waals surface area contributed by atoms with Crippen molar-refractivity contribution in [3.05, 3.63) is 34.6 Å². The molecule has 1 atom stereocenters. The molecule has 6 nitrogen and oxygen atoms in total. The van der Waals surface area contributed by atoms with E-state index in [4.69, 9.17) is 4.52 Å². The molecule has 2 heterocycles. The smallest absolute Gasteiger partial charge is 0.241 e. The topological polar surface area (TPSA) is 71.3 Å². The lowest BCUT2D eigenvalue weighted by Crippen LogP contribution is -2.45. The molecule has 2 aromatic rings. The first-order valence-corrected chi connectivity index (χ1v) is 10.6. The zero-order valence-corrected chi connectivity index (χ0v) is 17.0. The Labute approximate surface area is 167 Å². The summed E-state index contributed by atoms with van der Waals surface area (Å²) in [5, 5.41) is 7.35. The van der Waals surface area contributed by atoms with Gasteiger partial charge in [0.05, 0.1) is 12.5 Å². The largest absolute Gasteiger partial charge is 0.353 e. The number of hydrogen-bond donors (Lipinski definition) is 1. The summed E-state index contributed by atoms with van der Waals surface area (Å²) in [5.74, 6) is 1.47. The van der Waals surface area contributed by atoms with Gasteiger partial charge in [-0.05, 0) is 44.4 Å². The zero-order chi connectivity index (χ0) is 18.6. The fraction of sp³-hybridized carbons (Fsp3) is 0.550. The third-order valence-corrected chi connectivity index (χ3v) is 5.98. The average molecular weight is 433 g/mol. The van der Waals surface area contributed by atoms with E-state index >= 15 is 0 Å². The fourth-order valence-corrected chi connectivity index (χ4v) is 4.46. The highest BCUT2D eigenvalue weighted by Gasteiger charge is 2.28. The van der Waals surface area contributed by atoms with Crippen LogP contribution in [0.2, 0.25) is 0 Å². The van der Waals surface area contributed by atoms with Gasteiger partial charge in [0.15, 0.2) is 0 Å². The van der Waals surface area contributed by atoms with Gasteiger partial charge in [-0.25, -0.2) is 0 Å². The molecular weight excluding hydrogens is 408 g/mol. The van der Waals surface area contributed by atoms with Crippen molar-refractivity contribution in [2.75, 3.05) is 13.1 Å². The maximum Gasteiger partial charge on any atom is 0.241 e. The molecule has 1 saturated carbocycles. The average Bonchev–Trinajstić information content (AvgIpc) is 3.34. The lowest BCUT2D eigenvalue weighted by atomic mass is 9.96. The number of carbonyl (C=O) groups excluding carboxylic acids is 1. The van der Waals surface area contributed by atoms with E-state index in [-0.39, 0.29) is 11.8 Å². The molecule has 2 fully saturated rings. The summed E-state index contributed by atoms with van der Waals surface area (Å²) in [6.07, 6.45) is 6.71. The van der Waals surface area contributed by atoms with Crippen LogP contribution in [0.15, 0.2) is 33.3 Å². The first-order valence-electron chi connectivity index (χ1n) is 9.78. The molecule has 1 N–H and O–H groups in total. The van der Waals surface area contributed by atoms with Gasteiger partial charge in [-0.15, -0.1) is 0 Å². The van der Waals surface area contributed by atoms with Crippen LogP contribution in [0.5, 0.6) is 0 Å². The summed E-state index contributed by atoms with van der Waals surface area (Å²) in [6, 6.07) is 8.24. The van der Waals surface area contributed by atoms with Crippen molar-refractivity contribution in [2.45, 2.75) is 51.1 Å². The van der Waals surface area contributed by atoms with Crippen molar-refractivity contribution < 1.29 is 9.32 Å². The van der Waals surface area contributed by atoms with Crippen molar-refractivity contribution in [3.8, 4) is 11.4 Å². The quantitative estimate of drug-likeness (QED) is 0.778. The Hall–Kier alpha value is -1.73. The number of nitrogens with one attached hydrogen (secondary N) is 1. The van der Waals surface area contributed by atoms with Crippen molar-refractivity contribution in [2.24, 2.45) is 5.92 Å². The third kappa shape index (κ3) is 4.76. The SMILES string of the molecule is O=C(NC1CCCC1)C1CCCN(Cc2nc(-c3cccc(Br)c3)no2)C1. The number of carbonyl (C=O) groups is 1. The fourth-order valence-electron chi connectivity index (χ4n) is 4.06. The lowest BCUT2D eigenvalue weighted by Gasteiger charge is -2.31. The van der Waals surface area contributed by atoms with Gasteiger partial charge in [-0.3, -0.25) is 9.69 Å². The summed E-state index contributed by atoms with van der Waals surface area (Å²) in [4.78, 5) is 19.4. The Balaban J connectivity index is 1.34. The Morgan fingerprint density at radius 1 is 1.26 bits per heavy atom. The van der Waals surface area contributed by atoms with Gasteiger partial charge < -0.3 is 9.84 Å². The van der Waals surface area contributed by atoms with E-state index in [0.29, 0.717) is 24.3 Å². The molecule has 1 aromatic carbocycles. The van der Waals surface area contributed by atoms with Crippen LogP contribution >= 0.6 is 15.9 Å². The van der Waals surface area contributed by atoms with Crippen molar-refractivity contribution in [1.29, 1.82) is 0 Å². The minimum atomic E-state index is 0.0619. The van der Waals surface area contributed by atoms with E-state index in [1.165, 1.54) is 12.8 Å². The van der Waals surface area contributed by atoms with Crippen LogP contribution < -0.4 is 5.32 Å². The number of hydrogen-bond acceptors (Lipinski definition) is 5. The molecule has 1 aliphatic carbocycles. The van der Waals surface area contributed by atoms with Gasteiger partial charge in [0.25, 0.3) is 0 Å². The van der Waals surface area contributed by atoms with E-state index in [1.54, 1.807) is 0 Å². The normalized spacial score (nSPS) is 21.4. The van der Waals surface area contributed by atoms with Crippen molar-refractivity contribution in [3.63, 3.8) is 0 Å². The molecule has 144 valence electrons. The number of benzene rings is 1. The molecule has 1 aliphatic heterocycles. The van der Waals surface area contributed by atoms with E-state index < -0.39 is 0 Å². The molecule has 0 radical (unpaired) electrons. The van der Waals surface area contributed by atoms with E-state index in [2.05, 4.69) is 36.3 Å². The number of rotatable bonds is 5. The molecule has 1 saturated heterocycles. The number of nitrogens with zero attached hydrogens (tertiary/aromatic N) is 3. The van der Waals surface area contributed by atoms with Gasteiger partial charge in [0, 0.05) is 22.6 Å². The number of aromatic nitrogens is 2. The molecular formula is C20H25BrN4O2. The third-order valence-electron chi connectivity index (χ3n) is 5.49. The highest BCUT2D eigenvalue weighted by atomic mass is 79.9. The first-order chi connectivity index (χ1) is 13.2. The highest BCUT2D eigenvalue weighted by molar-refractivity contribution is 9.10. The summed E-state index contributed by atoms with van der Waals surface area (Å²) in [6.45, 7) is 2.31. The van der Waals surface area contributed by atoms with Gasteiger partial charge in [0.1, 0.15) is 0 Å². The summed E-state index contributed by atoms with van der Waals surface area (Å²) >= 11 is 3.46. The molecule has 1 unspecified atom stereocenters. The van der Waals surface area contributed by atoms with E-state index in [9.17, 15) is 4.79 Å². The molecule has 27 heavy (non-hydrogen) atoms. The summed E-state index contributed by atoms with van der Waals surface area (Å²) < 4.78 is 6.43. The van der Waals surface area contributed by atoms with Crippen LogP contribution in [-0.4, -0.2) is 40.1 Å². The van der Waals surface area contributed by atoms with Crippen molar-refractivity contribution in [1.82, 2.24) is 20.4 Å². The molecule has 1 amide bonds. The number of amides is 1. The standard InChI is InChI=1S/C20H25BrN4O2/c21-16-7-3-5-14(11-16)19-23-18(27-24-19)13-25-10-4-6-15(12-25)20(26)22-17-8-1-2-9-17/h3,5,7,11,15,17H,1-2,4,6,8-10,12-13H2,(H,22,26). The first kappa shape index (κ1) is 18.6. The minimum Gasteiger partial charge on any atom is -0.353 e. The van der Waals surface area contributed by atoms with Crippen LogP contribution in [0.3, 0.4) is 0 Å². The Morgan fingerprint density at radius 3 is 2.93 bits per heavy atom. The number of piperidine rings is 1. The molecule has 1 aromatic heterocycles. The van der Waals surface area contributed by atoms with Crippen LogP contribution in [0.25, 0.3) is 11.4 Å². The van der Waals surface area contributed by atoms with Gasteiger partial charge in [-0.2, -0.15) is 4.98 Å². The second-order valence-corrected chi connectivity index (χ2v) is 8.50. The predicted octanol–water partition coefficient (Wildman–Crippen LogP) is 3.77. The van der Waals surface area contributed by atoms with Gasteiger partial charge >= 0.3 is 0 Å². The highest BCUT2D eigenvalue weighted by Crippen LogP contribution is 2.23. The Morgan fingerprint density at radius 2 is 2.11 bits per heavy atom. The molecule has 0 spiro atoms. The van der Waals surface area contributed by atoms with Gasteiger partial charge in [0.2, 0.25) is 17.6 Å². The summed E-state index contributed by atoms with van der Waals surface area (Å²) in [7, 11) is 0. The maximum atomic E-state index is 12.6. The minimum absolute atomic E-state index is 0.0619. The lowest BCUT2D eigenvalue weighted by molar-refractivity contribution is -0.127. The van der Waals surface area contributed by atoms with Crippen LogP contribution in [0, 0.1) is 5.92 Å². The number of halogens is 1. The predicted molar refractivity (Wildman–Crippen MR) is 106 cm³/mol. The second-order valence-electron chi connectivity index (χ2n) is 7.59. The van der Waals surface area contributed by atoms with E-state index in [0.717, 1.165) is 48.8 Å². The number of likely N-dealkylation sites (tertiary alicyclic amines) is 1. The van der Waals surface area contributed by atoms with Crippen LogP contribution in [0.1, 0.15) is 44.4 Å². The monoisotopic (exact) mass is 432 g/mol.